The van der Waals surface area contributed by atoms with Gasteiger partial charge in [0.15, 0.2) is 0 Å². The van der Waals surface area contributed by atoms with E-state index in [0.29, 0.717) is 18.2 Å². The lowest BCUT2D eigenvalue weighted by Gasteiger charge is -2.05. The molecule has 116 valence electrons. The maximum absolute atomic E-state index is 11.4. The Hall–Kier alpha value is -2.08. The van der Waals surface area contributed by atoms with Crippen molar-refractivity contribution in [1.82, 2.24) is 10.2 Å². The van der Waals surface area contributed by atoms with Crippen LogP contribution in [0.15, 0.2) is 38.8 Å². The van der Waals surface area contributed by atoms with E-state index in [1.165, 1.54) is 5.56 Å². The van der Waals surface area contributed by atoms with Crippen molar-refractivity contribution in [2.75, 3.05) is 0 Å². The van der Waals surface area contributed by atoms with Crippen molar-refractivity contribution >= 4 is 23.8 Å². The fourth-order valence-electron chi connectivity index (χ4n) is 1.78. The van der Waals surface area contributed by atoms with Crippen LogP contribution in [0.3, 0.4) is 0 Å². The van der Waals surface area contributed by atoms with Crippen molar-refractivity contribution in [3.05, 3.63) is 46.2 Å². The molecule has 1 heterocycles. The third kappa shape index (κ3) is 4.21. The minimum absolute atomic E-state index is 0.142. The Morgan fingerprint density at radius 1 is 1.32 bits per heavy atom. The largest absolute Gasteiger partial charge is 0.477 e. The number of hydrogen-bond donors (Lipinski definition) is 1. The van der Waals surface area contributed by atoms with Gasteiger partial charge in [-0.2, -0.15) is 0 Å². The molecule has 0 fully saturated rings. The van der Waals surface area contributed by atoms with Crippen LogP contribution in [-0.2, 0) is 11.2 Å². The van der Waals surface area contributed by atoms with Crippen LogP contribution in [0.1, 0.15) is 43.7 Å². The van der Waals surface area contributed by atoms with Gasteiger partial charge in [0.2, 0.25) is 5.89 Å². The van der Waals surface area contributed by atoms with Crippen molar-refractivity contribution in [2.24, 2.45) is 0 Å². The normalized spacial score (nSPS) is 11.9. The van der Waals surface area contributed by atoms with Crippen molar-refractivity contribution < 1.29 is 14.3 Å². The maximum atomic E-state index is 11.4. The number of benzene rings is 1. The SMILES string of the molecule is CCc1nnc(S/C(=C/c2ccc(C(C)C)cc2)C(=O)O)o1. The number of aliphatic carboxylic acids is 1. The van der Waals surface area contributed by atoms with E-state index in [4.69, 9.17) is 4.42 Å². The number of carboxylic acids is 1. The first-order valence-corrected chi connectivity index (χ1v) is 7.86. The van der Waals surface area contributed by atoms with E-state index in [2.05, 4.69) is 24.0 Å². The second-order valence-electron chi connectivity index (χ2n) is 5.05. The zero-order valence-corrected chi connectivity index (χ0v) is 13.6. The molecular weight excluding hydrogens is 300 g/mol. The molecule has 0 aliphatic carbocycles. The third-order valence-corrected chi connectivity index (χ3v) is 3.91. The first-order chi connectivity index (χ1) is 10.5. The molecule has 0 aliphatic heterocycles. The smallest absolute Gasteiger partial charge is 0.342 e. The molecule has 0 bridgehead atoms. The molecule has 0 radical (unpaired) electrons. The van der Waals surface area contributed by atoms with Gasteiger partial charge in [-0.3, -0.25) is 0 Å². The molecule has 6 heteroatoms. The van der Waals surface area contributed by atoms with E-state index < -0.39 is 5.97 Å². The highest BCUT2D eigenvalue weighted by Gasteiger charge is 2.14. The first-order valence-electron chi connectivity index (χ1n) is 7.04. The molecule has 22 heavy (non-hydrogen) atoms. The molecular formula is C16H18N2O3S. The van der Waals surface area contributed by atoms with E-state index in [-0.39, 0.29) is 10.1 Å². The molecule has 5 nitrogen and oxygen atoms in total. The molecule has 2 rings (SSSR count). The number of carbonyl (C=O) groups is 1. The van der Waals surface area contributed by atoms with Crippen LogP contribution < -0.4 is 0 Å². The van der Waals surface area contributed by atoms with Crippen LogP contribution in [0.25, 0.3) is 6.08 Å². The fraction of sp³-hybridized carbons (Fsp3) is 0.312. The van der Waals surface area contributed by atoms with Crippen LogP contribution in [-0.4, -0.2) is 21.3 Å². The van der Waals surface area contributed by atoms with Gasteiger partial charge in [-0.25, -0.2) is 4.79 Å². The molecule has 0 atom stereocenters. The quantitative estimate of drug-likeness (QED) is 0.641. The van der Waals surface area contributed by atoms with Gasteiger partial charge >= 0.3 is 5.97 Å². The lowest BCUT2D eigenvalue weighted by molar-refractivity contribution is -0.131. The van der Waals surface area contributed by atoms with Crippen molar-refractivity contribution in [1.29, 1.82) is 0 Å². The van der Waals surface area contributed by atoms with Gasteiger partial charge < -0.3 is 9.52 Å². The van der Waals surface area contributed by atoms with Crippen molar-refractivity contribution in [2.45, 2.75) is 38.3 Å². The minimum atomic E-state index is -1.02. The summed E-state index contributed by atoms with van der Waals surface area (Å²) in [6.45, 7) is 6.13. The van der Waals surface area contributed by atoms with Crippen LogP contribution in [0.2, 0.25) is 0 Å². The Bertz CT molecular complexity index is 675. The van der Waals surface area contributed by atoms with Gasteiger partial charge in [-0.1, -0.05) is 45.0 Å². The Kier molecular flexibility index (Phi) is 5.38. The van der Waals surface area contributed by atoms with E-state index in [0.717, 1.165) is 17.3 Å². The molecule has 2 aromatic rings. The Morgan fingerprint density at radius 2 is 2.00 bits per heavy atom. The molecule has 0 saturated heterocycles. The van der Waals surface area contributed by atoms with Gasteiger partial charge in [0.1, 0.15) is 4.91 Å². The number of rotatable bonds is 6. The number of carboxylic acid groups (broad SMARTS) is 1. The van der Waals surface area contributed by atoms with E-state index >= 15 is 0 Å². The molecule has 0 amide bonds. The first kappa shape index (κ1) is 16.3. The molecule has 1 aromatic carbocycles. The summed E-state index contributed by atoms with van der Waals surface area (Å²) in [5, 5.41) is 17.2. The summed E-state index contributed by atoms with van der Waals surface area (Å²) in [6.07, 6.45) is 2.23. The summed E-state index contributed by atoms with van der Waals surface area (Å²) in [5.74, 6) is -0.0834. The molecule has 0 aliphatic rings. The molecule has 0 unspecified atom stereocenters. The Morgan fingerprint density at radius 3 is 2.50 bits per heavy atom. The van der Waals surface area contributed by atoms with E-state index in [1.807, 2.05) is 31.2 Å². The molecule has 1 aromatic heterocycles. The summed E-state index contributed by atoms with van der Waals surface area (Å²) in [4.78, 5) is 11.5. The second kappa shape index (κ2) is 7.26. The highest BCUT2D eigenvalue weighted by atomic mass is 32.2. The number of nitrogens with zero attached hydrogens (tertiary/aromatic N) is 2. The molecule has 1 N–H and O–H groups in total. The van der Waals surface area contributed by atoms with E-state index in [9.17, 15) is 9.90 Å². The summed E-state index contributed by atoms with van der Waals surface area (Å²) in [7, 11) is 0. The zero-order chi connectivity index (χ0) is 16.1. The van der Waals surface area contributed by atoms with Gasteiger partial charge in [0, 0.05) is 6.42 Å². The summed E-state index contributed by atoms with van der Waals surface area (Å²) in [6, 6.07) is 7.82. The molecule has 0 saturated carbocycles. The Balaban J connectivity index is 2.21. The predicted molar refractivity (Wildman–Crippen MR) is 85.7 cm³/mol. The third-order valence-electron chi connectivity index (χ3n) is 3.06. The number of aryl methyl sites for hydroxylation is 1. The van der Waals surface area contributed by atoms with Crippen LogP contribution >= 0.6 is 11.8 Å². The standard InChI is InChI=1S/C16H18N2O3S/c1-4-14-17-18-16(21-14)22-13(15(19)20)9-11-5-7-12(8-6-11)10(2)3/h5-10H,4H2,1-3H3,(H,19,20)/b13-9+. The van der Waals surface area contributed by atoms with Gasteiger partial charge in [0.05, 0.1) is 0 Å². The number of thioether (sulfide) groups is 1. The summed E-state index contributed by atoms with van der Waals surface area (Å²) >= 11 is 0.960. The van der Waals surface area contributed by atoms with Crippen molar-refractivity contribution in [3.8, 4) is 0 Å². The maximum Gasteiger partial charge on any atom is 0.342 e. The van der Waals surface area contributed by atoms with Gasteiger partial charge in [-0.05, 0) is 34.9 Å². The second-order valence-corrected chi connectivity index (χ2v) is 6.05. The van der Waals surface area contributed by atoms with E-state index in [1.54, 1.807) is 6.08 Å². The minimum Gasteiger partial charge on any atom is -0.477 e. The lowest BCUT2D eigenvalue weighted by Crippen LogP contribution is -1.97. The van der Waals surface area contributed by atoms with Crippen molar-refractivity contribution in [3.63, 3.8) is 0 Å². The van der Waals surface area contributed by atoms with Gasteiger partial charge in [0.25, 0.3) is 5.22 Å². The zero-order valence-electron chi connectivity index (χ0n) is 12.7. The monoisotopic (exact) mass is 318 g/mol. The highest BCUT2D eigenvalue weighted by molar-refractivity contribution is 8.03. The Labute approximate surface area is 133 Å². The number of aromatic nitrogens is 2. The molecule has 0 spiro atoms. The van der Waals surface area contributed by atoms with Crippen LogP contribution in [0, 0.1) is 0 Å². The van der Waals surface area contributed by atoms with Crippen LogP contribution in [0.4, 0.5) is 0 Å². The lowest BCUT2D eigenvalue weighted by atomic mass is 10.0. The fourth-order valence-corrected chi connectivity index (χ4v) is 2.47. The van der Waals surface area contributed by atoms with Crippen LogP contribution in [0.5, 0.6) is 0 Å². The highest BCUT2D eigenvalue weighted by Crippen LogP contribution is 2.28. The average molecular weight is 318 g/mol. The predicted octanol–water partition coefficient (Wildman–Crippen LogP) is 3.97. The summed E-state index contributed by atoms with van der Waals surface area (Å²) in [5.41, 5.74) is 2.04. The number of hydrogen-bond acceptors (Lipinski definition) is 5. The average Bonchev–Trinajstić information content (AvgIpc) is 2.94. The summed E-state index contributed by atoms with van der Waals surface area (Å²) < 4.78 is 5.34. The topological polar surface area (TPSA) is 76.2 Å². The van der Waals surface area contributed by atoms with Gasteiger partial charge in [-0.15, -0.1) is 10.2 Å².